The normalized spacial score (nSPS) is 16.9. The zero-order valence-corrected chi connectivity index (χ0v) is 11.4. The predicted octanol–water partition coefficient (Wildman–Crippen LogP) is 1.36. The number of rotatable bonds is 3. The van der Waals surface area contributed by atoms with E-state index in [0.717, 1.165) is 0 Å². The standard InChI is InChI=1S/C14H16N2O4/c1-14(2,16-6-5-12(16)17)13(18)15-9-3-4-10-11(7-9)20-8-19-10/h3-4,7H,5-6,8H2,1-2H3,(H,15,18). The molecule has 6 nitrogen and oxygen atoms in total. The number of carbonyl (C=O) groups excluding carboxylic acids is 2. The van der Waals surface area contributed by atoms with Crippen LogP contribution in [0, 0.1) is 0 Å². The molecule has 1 saturated heterocycles. The average Bonchev–Trinajstić information content (AvgIpc) is 2.83. The molecule has 0 bridgehead atoms. The van der Waals surface area contributed by atoms with Crippen LogP contribution >= 0.6 is 0 Å². The molecule has 106 valence electrons. The van der Waals surface area contributed by atoms with Gasteiger partial charge in [0.1, 0.15) is 5.54 Å². The Kier molecular flexibility index (Phi) is 2.81. The fraction of sp³-hybridized carbons (Fsp3) is 0.429. The molecule has 0 unspecified atom stereocenters. The Balaban J connectivity index is 1.74. The van der Waals surface area contributed by atoms with Crippen molar-refractivity contribution in [2.24, 2.45) is 0 Å². The molecule has 0 saturated carbocycles. The number of carbonyl (C=O) groups is 2. The molecule has 2 heterocycles. The molecule has 1 fully saturated rings. The van der Waals surface area contributed by atoms with Crippen molar-refractivity contribution in [1.29, 1.82) is 0 Å². The van der Waals surface area contributed by atoms with Crippen LogP contribution in [0.2, 0.25) is 0 Å². The third-order valence-electron chi connectivity index (χ3n) is 3.71. The number of fused-ring (bicyclic) bond motifs is 1. The van der Waals surface area contributed by atoms with Gasteiger partial charge in [-0.1, -0.05) is 0 Å². The lowest BCUT2D eigenvalue weighted by atomic mass is 9.96. The molecule has 2 aliphatic heterocycles. The smallest absolute Gasteiger partial charge is 0.249 e. The second kappa shape index (κ2) is 4.40. The van der Waals surface area contributed by atoms with Gasteiger partial charge < -0.3 is 19.7 Å². The van der Waals surface area contributed by atoms with E-state index in [2.05, 4.69) is 5.32 Å². The maximum absolute atomic E-state index is 12.3. The van der Waals surface area contributed by atoms with Crippen molar-refractivity contribution in [3.05, 3.63) is 18.2 Å². The third kappa shape index (κ3) is 1.97. The number of benzene rings is 1. The summed E-state index contributed by atoms with van der Waals surface area (Å²) >= 11 is 0. The third-order valence-corrected chi connectivity index (χ3v) is 3.71. The van der Waals surface area contributed by atoms with Crippen molar-refractivity contribution < 1.29 is 19.1 Å². The van der Waals surface area contributed by atoms with Crippen LogP contribution in [-0.4, -0.2) is 35.6 Å². The van der Waals surface area contributed by atoms with Crippen LogP contribution in [0.25, 0.3) is 0 Å². The SMILES string of the molecule is CC(C)(C(=O)Nc1ccc2c(c1)OCO2)N1CCC1=O. The minimum Gasteiger partial charge on any atom is -0.454 e. The van der Waals surface area contributed by atoms with E-state index in [9.17, 15) is 9.59 Å². The molecule has 2 amide bonds. The summed E-state index contributed by atoms with van der Waals surface area (Å²) in [6.07, 6.45) is 0.515. The lowest BCUT2D eigenvalue weighted by molar-refractivity contribution is -0.152. The summed E-state index contributed by atoms with van der Waals surface area (Å²) in [6.45, 7) is 4.31. The second-order valence-electron chi connectivity index (χ2n) is 5.38. The Labute approximate surface area is 116 Å². The van der Waals surface area contributed by atoms with Gasteiger partial charge in [0.15, 0.2) is 11.5 Å². The lowest BCUT2D eigenvalue weighted by Gasteiger charge is -2.42. The molecule has 3 rings (SSSR count). The monoisotopic (exact) mass is 276 g/mol. The topological polar surface area (TPSA) is 67.9 Å². The highest BCUT2D eigenvalue weighted by molar-refractivity contribution is 6.01. The summed E-state index contributed by atoms with van der Waals surface area (Å²) in [5.41, 5.74) is -0.230. The minimum atomic E-state index is -0.855. The van der Waals surface area contributed by atoms with E-state index in [1.807, 2.05) is 0 Å². The van der Waals surface area contributed by atoms with Crippen molar-refractivity contribution in [2.75, 3.05) is 18.7 Å². The molecule has 0 radical (unpaired) electrons. The molecule has 0 aromatic heterocycles. The first kappa shape index (κ1) is 12.8. The summed E-state index contributed by atoms with van der Waals surface area (Å²) < 4.78 is 10.5. The van der Waals surface area contributed by atoms with Gasteiger partial charge in [0, 0.05) is 24.7 Å². The number of nitrogens with zero attached hydrogens (tertiary/aromatic N) is 1. The zero-order chi connectivity index (χ0) is 14.3. The number of ether oxygens (including phenoxy) is 2. The van der Waals surface area contributed by atoms with Crippen LogP contribution in [0.4, 0.5) is 5.69 Å². The highest BCUT2D eigenvalue weighted by Crippen LogP contribution is 2.34. The fourth-order valence-corrected chi connectivity index (χ4v) is 2.29. The van der Waals surface area contributed by atoms with E-state index in [1.165, 1.54) is 0 Å². The molecule has 1 aromatic carbocycles. The van der Waals surface area contributed by atoms with Gasteiger partial charge in [-0.2, -0.15) is 0 Å². The molecular weight excluding hydrogens is 260 g/mol. The van der Waals surface area contributed by atoms with Crippen LogP contribution in [0.15, 0.2) is 18.2 Å². The Morgan fingerprint density at radius 1 is 1.30 bits per heavy atom. The number of nitrogens with one attached hydrogen (secondary N) is 1. The zero-order valence-electron chi connectivity index (χ0n) is 11.4. The first-order chi connectivity index (χ1) is 9.48. The van der Waals surface area contributed by atoms with Crippen molar-refractivity contribution >= 4 is 17.5 Å². The Hall–Kier alpha value is -2.24. The molecule has 0 spiro atoms. The number of β-lactam (4-membered cyclic amide) rings is 1. The molecule has 6 heteroatoms. The van der Waals surface area contributed by atoms with Crippen molar-refractivity contribution in [3.8, 4) is 11.5 Å². The summed E-state index contributed by atoms with van der Waals surface area (Å²) in [7, 11) is 0. The van der Waals surface area contributed by atoms with Gasteiger partial charge in [0.05, 0.1) is 0 Å². The Morgan fingerprint density at radius 3 is 2.70 bits per heavy atom. The van der Waals surface area contributed by atoms with E-state index >= 15 is 0 Å². The Bertz CT molecular complexity index is 583. The van der Waals surface area contributed by atoms with Crippen molar-refractivity contribution in [1.82, 2.24) is 4.90 Å². The van der Waals surface area contributed by atoms with Gasteiger partial charge in [0.2, 0.25) is 18.6 Å². The van der Waals surface area contributed by atoms with Gasteiger partial charge in [-0.3, -0.25) is 9.59 Å². The van der Waals surface area contributed by atoms with E-state index in [4.69, 9.17) is 9.47 Å². The van der Waals surface area contributed by atoms with Gasteiger partial charge in [-0.05, 0) is 26.0 Å². The summed E-state index contributed by atoms with van der Waals surface area (Å²) in [6, 6.07) is 5.22. The van der Waals surface area contributed by atoms with Gasteiger partial charge in [-0.25, -0.2) is 0 Å². The van der Waals surface area contributed by atoms with Crippen molar-refractivity contribution in [2.45, 2.75) is 25.8 Å². The number of anilines is 1. The Morgan fingerprint density at radius 2 is 2.05 bits per heavy atom. The van der Waals surface area contributed by atoms with Crippen LogP contribution < -0.4 is 14.8 Å². The van der Waals surface area contributed by atoms with E-state index < -0.39 is 5.54 Å². The van der Waals surface area contributed by atoms with E-state index in [-0.39, 0.29) is 18.6 Å². The molecule has 0 aliphatic carbocycles. The predicted molar refractivity (Wildman–Crippen MR) is 71.6 cm³/mol. The van der Waals surface area contributed by atoms with E-state index in [1.54, 1.807) is 36.9 Å². The highest BCUT2D eigenvalue weighted by atomic mass is 16.7. The molecular formula is C14H16N2O4. The van der Waals surface area contributed by atoms with Gasteiger partial charge >= 0.3 is 0 Å². The summed E-state index contributed by atoms with van der Waals surface area (Å²) in [5.74, 6) is 1.07. The van der Waals surface area contributed by atoms with Crippen LogP contribution in [-0.2, 0) is 9.59 Å². The first-order valence-corrected chi connectivity index (χ1v) is 6.50. The van der Waals surface area contributed by atoms with E-state index in [0.29, 0.717) is 30.2 Å². The second-order valence-corrected chi connectivity index (χ2v) is 5.38. The van der Waals surface area contributed by atoms with Crippen LogP contribution in [0.3, 0.4) is 0 Å². The number of hydrogen-bond acceptors (Lipinski definition) is 4. The summed E-state index contributed by atoms with van der Waals surface area (Å²) in [5, 5.41) is 2.81. The largest absolute Gasteiger partial charge is 0.454 e. The summed E-state index contributed by atoms with van der Waals surface area (Å²) in [4.78, 5) is 25.4. The molecule has 1 N–H and O–H groups in total. The van der Waals surface area contributed by atoms with Crippen LogP contribution in [0.1, 0.15) is 20.3 Å². The van der Waals surface area contributed by atoms with Gasteiger partial charge in [-0.15, -0.1) is 0 Å². The van der Waals surface area contributed by atoms with Crippen molar-refractivity contribution in [3.63, 3.8) is 0 Å². The highest BCUT2D eigenvalue weighted by Gasteiger charge is 2.42. The van der Waals surface area contributed by atoms with Gasteiger partial charge in [0.25, 0.3) is 0 Å². The lowest BCUT2D eigenvalue weighted by Crippen LogP contribution is -2.60. The first-order valence-electron chi connectivity index (χ1n) is 6.50. The van der Waals surface area contributed by atoms with Crippen LogP contribution in [0.5, 0.6) is 11.5 Å². The molecule has 1 aromatic rings. The minimum absolute atomic E-state index is 0.0100. The number of amides is 2. The maximum atomic E-state index is 12.3. The maximum Gasteiger partial charge on any atom is 0.249 e. The number of hydrogen-bond donors (Lipinski definition) is 1. The average molecular weight is 276 g/mol. The molecule has 20 heavy (non-hydrogen) atoms. The quantitative estimate of drug-likeness (QED) is 0.847. The molecule has 0 atom stereocenters. The molecule has 2 aliphatic rings. The fourth-order valence-electron chi connectivity index (χ4n) is 2.29. The number of likely N-dealkylation sites (tertiary alicyclic amines) is 1.